The molecule has 2 N–H and O–H groups in total. The summed E-state index contributed by atoms with van der Waals surface area (Å²) in [5.41, 5.74) is 6.21. The van der Waals surface area contributed by atoms with Crippen molar-refractivity contribution in [2.24, 2.45) is 0 Å². The van der Waals surface area contributed by atoms with Gasteiger partial charge < -0.3 is 15.0 Å². The van der Waals surface area contributed by atoms with Gasteiger partial charge in [-0.15, -0.1) is 0 Å². The summed E-state index contributed by atoms with van der Waals surface area (Å²) in [5, 5.41) is 0.677. The second kappa shape index (κ2) is 4.38. The van der Waals surface area contributed by atoms with Crippen LogP contribution in [-0.4, -0.2) is 27.6 Å². The number of carbonyl (C=O) groups is 1. The number of carbonyl (C=O) groups excluding carboxylic acids is 1. The fraction of sp³-hybridized carbons (Fsp3) is 0.417. The van der Waals surface area contributed by atoms with E-state index in [1.165, 1.54) is 13.4 Å². The normalized spacial score (nSPS) is 11.8. The van der Waals surface area contributed by atoms with E-state index in [1.54, 1.807) is 4.57 Å². The maximum absolute atomic E-state index is 11.9. The minimum atomic E-state index is -0.556. The number of nitrogens with two attached hydrogens (primary N) is 1. The Morgan fingerprint density at radius 3 is 2.58 bits per heavy atom. The Morgan fingerprint density at radius 2 is 2.05 bits per heavy atom. The summed E-state index contributed by atoms with van der Waals surface area (Å²) < 4.78 is 6.50. The van der Waals surface area contributed by atoms with Crippen molar-refractivity contribution in [2.75, 3.05) is 12.8 Å². The van der Waals surface area contributed by atoms with Gasteiger partial charge in [0.15, 0.2) is 0 Å². The molecule has 0 atom stereocenters. The Labute approximate surface area is 115 Å². The van der Waals surface area contributed by atoms with Crippen LogP contribution in [0.2, 0.25) is 5.15 Å². The Bertz CT molecular complexity index is 658. The van der Waals surface area contributed by atoms with Crippen LogP contribution in [0.4, 0.5) is 5.82 Å². The summed E-state index contributed by atoms with van der Waals surface area (Å²) >= 11 is 6.32. The molecule has 0 aliphatic rings. The van der Waals surface area contributed by atoms with Crippen molar-refractivity contribution in [1.29, 1.82) is 0 Å². The molecule has 0 bridgehead atoms. The van der Waals surface area contributed by atoms with Gasteiger partial charge in [-0.3, -0.25) is 0 Å². The Morgan fingerprint density at radius 1 is 1.42 bits per heavy atom. The number of fused-ring (bicyclic) bond motifs is 1. The van der Waals surface area contributed by atoms with Gasteiger partial charge in [0.05, 0.1) is 12.5 Å². The van der Waals surface area contributed by atoms with Crippen molar-refractivity contribution >= 4 is 34.4 Å². The number of hydrogen-bond acceptors (Lipinski definition) is 5. The molecule has 6 nitrogen and oxygen atoms in total. The molecule has 102 valence electrons. The van der Waals surface area contributed by atoms with Gasteiger partial charge in [0.1, 0.15) is 28.5 Å². The van der Waals surface area contributed by atoms with E-state index in [0.717, 1.165) is 0 Å². The zero-order valence-corrected chi connectivity index (χ0v) is 11.9. The highest BCUT2D eigenvalue weighted by Crippen LogP contribution is 2.36. The van der Waals surface area contributed by atoms with Crippen LogP contribution in [0.1, 0.15) is 31.1 Å². The first kappa shape index (κ1) is 13.6. The molecule has 0 aliphatic heterocycles. The van der Waals surface area contributed by atoms with Crippen LogP contribution < -0.4 is 5.73 Å². The average molecular weight is 283 g/mol. The standard InChI is InChI=1S/C12H15ClN4O2/c1-12(2,3)17-8(13)6(11(18)19-4)7-9(14)15-5-16-10(7)17/h5H,1-4H3,(H2,14,15,16). The first-order valence-corrected chi connectivity index (χ1v) is 6.06. The Hall–Kier alpha value is -1.82. The predicted molar refractivity (Wildman–Crippen MR) is 73.3 cm³/mol. The summed E-state index contributed by atoms with van der Waals surface area (Å²) in [6.45, 7) is 5.87. The third-order valence-corrected chi connectivity index (χ3v) is 3.14. The lowest BCUT2D eigenvalue weighted by Gasteiger charge is -2.23. The first-order valence-electron chi connectivity index (χ1n) is 5.68. The number of nitrogen functional groups attached to an aromatic ring is 1. The van der Waals surface area contributed by atoms with E-state index in [9.17, 15) is 4.79 Å². The summed E-state index contributed by atoms with van der Waals surface area (Å²) in [7, 11) is 1.29. The second-order valence-corrected chi connectivity index (χ2v) is 5.48. The van der Waals surface area contributed by atoms with Crippen LogP contribution in [0.25, 0.3) is 11.0 Å². The summed E-state index contributed by atoms with van der Waals surface area (Å²) in [6, 6.07) is 0. The van der Waals surface area contributed by atoms with Crippen LogP contribution in [0.5, 0.6) is 0 Å². The van der Waals surface area contributed by atoms with Crippen molar-refractivity contribution in [1.82, 2.24) is 14.5 Å². The van der Waals surface area contributed by atoms with Gasteiger partial charge >= 0.3 is 5.97 Å². The van der Waals surface area contributed by atoms with Gasteiger partial charge in [0.25, 0.3) is 0 Å². The lowest BCUT2D eigenvalue weighted by molar-refractivity contribution is 0.0603. The average Bonchev–Trinajstić information content (AvgIpc) is 2.61. The van der Waals surface area contributed by atoms with Crippen LogP contribution in [-0.2, 0) is 10.3 Å². The molecule has 2 aromatic rings. The number of aromatic nitrogens is 3. The van der Waals surface area contributed by atoms with Gasteiger partial charge in [-0.25, -0.2) is 14.8 Å². The number of hydrogen-bond donors (Lipinski definition) is 1. The molecule has 7 heteroatoms. The zero-order chi connectivity index (χ0) is 14.4. The molecule has 2 heterocycles. The third-order valence-electron chi connectivity index (χ3n) is 2.78. The Kier molecular flexibility index (Phi) is 3.14. The third kappa shape index (κ3) is 2.02. The van der Waals surface area contributed by atoms with E-state index in [1.807, 2.05) is 20.8 Å². The van der Waals surface area contributed by atoms with E-state index in [4.69, 9.17) is 22.1 Å². The highest BCUT2D eigenvalue weighted by molar-refractivity contribution is 6.35. The molecule has 0 saturated heterocycles. The van der Waals surface area contributed by atoms with Gasteiger partial charge in [-0.05, 0) is 20.8 Å². The number of nitrogens with zero attached hydrogens (tertiary/aromatic N) is 3. The van der Waals surface area contributed by atoms with Gasteiger partial charge in [0.2, 0.25) is 0 Å². The molecule has 0 unspecified atom stereocenters. The molecule has 0 fully saturated rings. The largest absolute Gasteiger partial charge is 0.465 e. The molecule has 0 spiro atoms. The van der Waals surface area contributed by atoms with Crippen molar-refractivity contribution in [3.8, 4) is 0 Å². The zero-order valence-electron chi connectivity index (χ0n) is 11.2. The highest BCUT2D eigenvalue weighted by atomic mass is 35.5. The van der Waals surface area contributed by atoms with Crippen LogP contribution in [0, 0.1) is 0 Å². The van der Waals surface area contributed by atoms with Crippen molar-refractivity contribution in [2.45, 2.75) is 26.3 Å². The van der Waals surface area contributed by atoms with E-state index < -0.39 is 5.97 Å². The molecular weight excluding hydrogens is 268 g/mol. The molecular formula is C12H15ClN4O2. The lowest BCUT2D eigenvalue weighted by Crippen LogP contribution is -2.22. The molecule has 2 aromatic heterocycles. The number of rotatable bonds is 1. The van der Waals surface area contributed by atoms with Gasteiger partial charge in [-0.2, -0.15) is 0 Å². The van der Waals surface area contributed by atoms with E-state index in [2.05, 4.69) is 9.97 Å². The molecule has 0 radical (unpaired) electrons. The molecule has 2 rings (SSSR count). The van der Waals surface area contributed by atoms with Crippen molar-refractivity contribution < 1.29 is 9.53 Å². The number of esters is 1. The van der Waals surface area contributed by atoms with E-state index >= 15 is 0 Å². The summed E-state index contributed by atoms with van der Waals surface area (Å²) in [4.78, 5) is 20.0. The molecule has 19 heavy (non-hydrogen) atoms. The minimum absolute atomic E-state index is 0.201. The topological polar surface area (TPSA) is 83.0 Å². The maximum Gasteiger partial charge on any atom is 0.341 e. The van der Waals surface area contributed by atoms with Crippen LogP contribution >= 0.6 is 11.6 Å². The summed E-state index contributed by atoms with van der Waals surface area (Å²) in [5.74, 6) is -0.352. The molecule has 0 saturated carbocycles. The number of methoxy groups -OCH3 is 1. The smallest absolute Gasteiger partial charge is 0.341 e. The highest BCUT2D eigenvalue weighted by Gasteiger charge is 2.30. The van der Waals surface area contributed by atoms with E-state index in [0.29, 0.717) is 11.0 Å². The van der Waals surface area contributed by atoms with Crippen LogP contribution in [0.3, 0.4) is 0 Å². The van der Waals surface area contributed by atoms with Crippen molar-refractivity contribution in [3.63, 3.8) is 0 Å². The summed E-state index contributed by atoms with van der Waals surface area (Å²) in [6.07, 6.45) is 1.34. The fourth-order valence-corrected chi connectivity index (χ4v) is 2.51. The maximum atomic E-state index is 11.9. The number of halogens is 1. The quantitative estimate of drug-likeness (QED) is 0.811. The van der Waals surface area contributed by atoms with Gasteiger partial charge in [-0.1, -0.05) is 11.6 Å². The molecule has 0 aliphatic carbocycles. The predicted octanol–water partition coefficient (Wildman–Crippen LogP) is 2.21. The molecule has 0 aromatic carbocycles. The van der Waals surface area contributed by atoms with Gasteiger partial charge in [0, 0.05) is 5.54 Å². The second-order valence-electron chi connectivity index (χ2n) is 5.12. The fourth-order valence-electron chi connectivity index (χ4n) is 2.01. The number of anilines is 1. The van der Waals surface area contributed by atoms with E-state index in [-0.39, 0.29) is 22.1 Å². The monoisotopic (exact) mass is 282 g/mol. The minimum Gasteiger partial charge on any atom is -0.465 e. The first-order chi connectivity index (χ1) is 8.79. The number of ether oxygens (including phenoxy) is 1. The molecule has 0 amide bonds. The lowest BCUT2D eigenvalue weighted by atomic mass is 10.1. The Balaban J connectivity index is 2.97. The van der Waals surface area contributed by atoms with Crippen molar-refractivity contribution in [3.05, 3.63) is 17.0 Å². The SMILES string of the molecule is COC(=O)c1c(Cl)n(C(C)(C)C)c2ncnc(N)c12. The van der Waals surface area contributed by atoms with Crippen LogP contribution in [0.15, 0.2) is 6.33 Å².